The van der Waals surface area contributed by atoms with E-state index in [1.807, 2.05) is 40.2 Å². The van der Waals surface area contributed by atoms with Gasteiger partial charge in [-0.2, -0.15) is 5.10 Å². The van der Waals surface area contributed by atoms with E-state index in [0.29, 0.717) is 24.4 Å². The zero-order valence-corrected chi connectivity index (χ0v) is 31.2. The summed E-state index contributed by atoms with van der Waals surface area (Å²) < 4.78 is 2.04. The molecule has 3 aliphatic heterocycles. The summed E-state index contributed by atoms with van der Waals surface area (Å²) in [7, 11) is 2.19. The van der Waals surface area contributed by atoms with Crippen molar-refractivity contribution in [3.63, 3.8) is 0 Å². The van der Waals surface area contributed by atoms with Gasteiger partial charge < -0.3 is 30.5 Å². The largest absolute Gasteiger partial charge is 0.385 e. The number of carbonyl (C=O) groups excluding carboxylic acids is 4. The number of nitrogens with one attached hydrogen (secondary N) is 1. The lowest BCUT2D eigenvalue weighted by Crippen LogP contribution is -2.44. The Hall–Kier alpha value is -5.17. The Labute approximate surface area is 316 Å². The van der Waals surface area contributed by atoms with Crippen LogP contribution in [0.5, 0.6) is 0 Å². The number of piperidine rings is 2. The lowest BCUT2D eigenvalue weighted by Gasteiger charge is -2.32. The van der Waals surface area contributed by atoms with Crippen molar-refractivity contribution in [3.8, 4) is 11.3 Å². The van der Waals surface area contributed by atoms with Gasteiger partial charge in [-0.1, -0.05) is 18.6 Å². The van der Waals surface area contributed by atoms with Crippen molar-refractivity contribution in [1.82, 2.24) is 34.4 Å². The van der Waals surface area contributed by atoms with Gasteiger partial charge in [0.2, 0.25) is 11.8 Å². The third-order valence-corrected chi connectivity index (χ3v) is 11.4. The summed E-state index contributed by atoms with van der Waals surface area (Å²) in [5, 5.41) is 8.14. The molecule has 2 aromatic heterocycles. The number of fused-ring (bicyclic) bond motifs is 2. The molecule has 0 bridgehead atoms. The fraction of sp³-hybridized carbons (Fsp3) is 0.488. The summed E-state index contributed by atoms with van der Waals surface area (Å²) in [6.07, 6.45) is 14.2. The minimum Gasteiger partial charge on any atom is -0.385 e. The summed E-state index contributed by atoms with van der Waals surface area (Å²) in [4.78, 5) is 64.5. The second-order valence-corrected chi connectivity index (χ2v) is 15.1. The molecule has 284 valence electrons. The first kappa shape index (κ1) is 37.2. The van der Waals surface area contributed by atoms with Crippen molar-refractivity contribution in [2.45, 2.75) is 88.8 Å². The summed E-state index contributed by atoms with van der Waals surface area (Å²) in [6, 6.07) is 11.4. The Morgan fingerprint density at radius 2 is 1.83 bits per heavy atom. The highest BCUT2D eigenvalue weighted by molar-refractivity contribution is 6.01. The summed E-state index contributed by atoms with van der Waals surface area (Å²) in [5.74, 6) is -0.129. The highest BCUT2D eigenvalue weighted by Crippen LogP contribution is 2.33. The van der Waals surface area contributed by atoms with Crippen molar-refractivity contribution in [1.29, 1.82) is 0 Å². The van der Waals surface area contributed by atoms with Crippen LogP contribution in [0.1, 0.15) is 97.7 Å². The zero-order valence-electron chi connectivity index (χ0n) is 31.2. The number of hydrogen-bond acceptors (Lipinski definition) is 9. The maximum Gasteiger partial charge on any atom is 0.255 e. The van der Waals surface area contributed by atoms with Gasteiger partial charge in [-0.15, -0.1) is 0 Å². The molecule has 1 atom stereocenters. The van der Waals surface area contributed by atoms with Gasteiger partial charge in [-0.3, -0.25) is 24.0 Å². The molecule has 2 fully saturated rings. The molecule has 5 heterocycles. The van der Waals surface area contributed by atoms with Gasteiger partial charge in [0.05, 0.1) is 35.2 Å². The van der Waals surface area contributed by atoms with Crippen molar-refractivity contribution < 1.29 is 19.2 Å². The van der Waals surface area contributed by atoms with Gasteiger partial charge in [-0.25, -0.2) is 4.98 Å². The van der Waals surface area contributed by atoms with Crippen LogP contribution in [0.3, 0.4) is 0 Å². The van der Waals surface area contributed by atoms with E-state index >= 15 is 0 Å². The maximum atomic E-state index is 13.1. The highest BCUT2D eigenvalue weighted by Gasteiger charge is 2.35. The number of carbonyl (C=O) groups is 4. The van der Waals surface area contributed by atoms with E-state index in [2.05, 4.69) is 35.6 Å². The number of primary amides is 1. The molecule has 1 unspecified atom stereocenters. The number of hydrogen-bond donors (Lipinski definition) is 2. The van der Waals surface area contributed by atoms with E-state index in [0.717, 1.165) is 117 Å². The lowest BCUT2D eigenvalue weighted by atomic mass is 9.88. The van der Waals surface area contributed by atoms with Crippen LogP contribution >= 0.6 is 0 Å². The van der Waals surface area contributed by atoms with E-state index < -0.39 is 11.9 Å². The van der Waals surface area contributed by atoms with Gasteiger partial charge in [-0.05, 0) is 106 Å². The molecule has 3 N–H and O–H groups in total. The molecular formula is C41H51N9O4. The van der Waals surface area contributed by atoms with E-state index in [1.54, 1.807) is 6.07 Å². The summed E-state index contributed by atoms with van der Waals surface area (Å²) >= 11 is 0. The van der Waals surface area contributed by atoms with Gasteiger partial charge in [0, 0.05) is 62.0 Å². The number of para-hydroxylation sites is 1. The first-order valence-corrected chi connectivity index (χ1v) is 19.5. The highest BCUT2D eigenvalue weighted by atomic mass is 16.2. The SMILES string of the molecule is CN1CCC(c2cccc3ncc(-c4cnn(C5CCN(C(=O)CCCCCNc6ccc7c(c6)CN(C(CCC=O)C(N)=O)C7=O)CC5)c4)nc23)CC1. The molecule has 2 saturated heterocycles. The smallest absolute Gasteiger partial charge is 0.255 e. The van der Waals surface area contributed by atoms with Crippen LogP contribution in [0.2, 0.25) is 0 Å². The predicted molar refractivity (Wildman–Crippen MR) is 207 cm³/mol. The predicted octanol–water partition coefficient (Wildman–Crippen LogP) is 4.93. The zero-order chi connectivity index (χ0) is 37.6. The fourth-order valence-electron chi connectivity index (χ4n) is 8.24. The van der Waals surface area contributed by atoms with Gasteiger partial charge >= 0.3 is 0 Å². The van der Waals surface area contributed by atoms with E-state index in [9.17, 15) is 19.2 Å². The van der Waals surface area contributed by atoms with E-state index in [-0.39, 0.29) is 30.7 Å². The first-order chi connectivity index (χ1) is 26.3. The number of nitrogens with two attached hydrogens (primary N) is 1. The number of anilines is 1. The molecule has 3 aliphatic rings. The number of likely N-dealkylation sites (tertiary alicyclic amines) is 2. The molecule has 54 heavy (non-hydrogen) atoms. The number of benzene rings is 2. The molecular weight excluding hydrogens is 683 g/mol. The van der Waals surface area contributed by atoms with Crippen molar-refractivity contribution in [3.05, 3.63) is 71.7 Å². The molecule has 0 spiro atoms. The standard InChI is InChI=1S/C41H51N9O4/c1-47-18-13-28(14-19-47)33-7-5-8-35-39(33)46-36(25-44-35)30-24-45-50(27-30)32-15-20-48(21-16-32)38(52)10-3-2-4-17-43-31-11-12-34-29(23-31)26-49(41(34)54)37(40(42)53)9-6-22-51/h5,7-8,11-12,22-25,27-28,32,37,43H,2-4,6,9-10,13-21,26H2,1H3,(H2,42,53). The number of nitrogens with zero attached hydrogens (tertiary/aromatic N) is 7. The van der Waals surface area contributed by atoms with Crippen LogP contribution in [-0.2, 0) is 20.9 Å². The van der Waals surface area contributed by atoms with Gasteiger partial charge in [0.25, 0.3) is 5.91 Å². The molecule has 3 amide bonds. The number of aromatic nitrogens is 4. The minimum absolute atomic E-state index is 0.168. The maximum absolute atomic E-state index is 13.1. The Morgan fingerprint density at radius 1 is 1.02 bits per heavy atom. The second kappa shape index (κ2) is 16.9. The Kier molecular flexibility index (Phi) is 11.6. The number of aldehydes is 1. The lowest BCUT2D eigenvalue weighted by molar-refractivity contribution is -0.132. The average Bonchev–Trinajstić information content (AvgIpc) is 3.81. The van der Waals surface area contributed by atoms with E-state index in [1.165, 1.54) is 10.5 Å². The Balaban J connectivity index is 0.834. The monoisotopic (exact) mass is 733 g/mol. The van der Waals surface area contributed by atoms with Gasteiger partial charge in [0.15, 0.2) is 0 Å². The molecule has 7 rings (SSSR count). The van der Waals surface area contributed by atoms with E-state index in [4.69, 9.17) is 20.8 Å². The summed E-state index contributed by atoms with van der Waals surface area (Å²) in [5.41, 5.74) is 12.9. The number of rotatable bonds is 15. The van der Waals surface area contributed by atoms with Crippen LogP contribution in [0.15, 0.2) is 55.0 Å². The molecule has 0 radical (unpaired) electrons. The Morgan fingerprint density at radius 3 is 2.61 bits per heavy atom. The fourth-order valence-corrected chi connectivity index (χ4v) is 8.24. The van der Waals surface area contributed by atoms with Gasteiger partial charge in [0.1, 0.15) is 12.3 Å². The third kappa shape index (κ3) is 8.30. The molecule has 4 aromatic rings. The topological polar surface area (TPSA) is 160 Å². The normalized spacial score (nSPS) is 17.5. The Bertz CT molecular complexity index is 1980. The molecule has 2 aromatic carbocycles. The van der Waals surface area contributed by atoms with Crippen LogP contribution in [0.25, 0.3) is 22.3 Å². The number of amides is 3. The quantitative estimate of drug-likeness (QED) is 0.128. The molecule has 0 saturated carbocycles. The summed E-state index contributed by atoms with van der Waals surface area (Å²) in [6.45, 7) is 4.69. The molecule has 13 nitrogen and oxygen atoms in total. The molecule has 13 heteroatoms. The first-order valence-electron chi connectivity index (χ1n) is 19.5. The van der Waals surface area contributed by atoms with Crippen molar-refractivity contribution >= 4 is 40.7 Å². The second-order valence-electron chi connectivity index (χ2n) is 15.1. The number of unbranched alkanes of at least 4 members (excludes halogenated alkanes) is 2. The van der Waals surface area contributed by atoms with Crippen LogP contribution < -0.4 is 11.1 Å². The van der Waals surface area contributed by atoms with Crippen molar-refractivity contribution in [2.75, 3.05) is 45.1 Å². The molecule has 0 aliphatic carbocycles. The van der Waals surface area contributed by atoms with Crippen LogP contribution in [-0.4, -0.2) is 104 Å². The van der Waals surface area contributed by atoms with Crippen LogP contribution in [0.4, 0.5) is 5.69 Å². The average molecular weight is 734 g/mol. The third-order valence-electron chi connectivity index (χ3n) is 11.4. The minimum atomic E-state index is -0.801. The van der Waals surface area contributed by atoms with Crippen molar-refractivity contribution in [2.24, 2.45) is 5.73 Å². The van der Waals surface area contributed by atoms with Crippen LogP contribution in [0, 0.1) is 0 Å².